The predicted molar refractivity (Wildman–Crippen MR) is 65.6 cm³/mol. The highest BCUT2D eigenvalue weighted by Crippen LogP contribution is 2.27. The lowest BCUT2D eigenvalue weighted by Crippen LogP contribution is -2.24. The maximum absolute atomic E-state index is 11.9. The number of fused-ring (bicyclic) bond motifs is 1. The van der Waals surface area contributed by atoms with E-state index in [1.165, 1.54) is 0 Å². The molecule has 1 aromatic carbocycles. The molecule has 0 aromatic heterocycles. The predicted octanol–water partition coefficient (Wildman–Crippen LogP) is 1.48. The van der Waals surface area contributed by atoms with Crippen LogP contribution in [0.2, 0.25) is 0 Å². The zero-order chi connectivity index (χ0) is 12.3. The Bertz CT molecular complexity index is 523. The number of ether oxygens (including phenoxy) is 1. The number of hydrogen-bond acceptors (Lipinski definition) is 3. The van der Waals surface area contributed by atoms with Crippen LogP contribution < -0.4 is 9.46 Å². The molecule has 0 radical (unpaired) electrons. The molecule has 0 amide bonds. The van der Waals surface area contributed by atoms with E-state index in [1.54, 1.807) is 24.3 Å². The van der Waals surface area contributed by atoms with Gasteiger partial charge in [0.2, 0.25) is 10.0 Å². The Labute approximate surface area is 101 Å². The van der Waals surface area contributed by atoms with Gasteiger partial charge in [0, 0.05) is 13.0 Å². The van der Waals surface area contributed by atoms with Crippen molar-refractivity contribution in [3.8, 4) is 5.75 Å². The Balaban J connectivity index is 2.18. The highest BCUT2D eigenvalue weighted by atomic mass is 32.2. The van der Waals surface area contributed by atoms with Crippen molar-refractivity contribution < 1.29 is 13.2 Å². The maximum atomic E-state index is 11.9. The van der Waals surface area contributed by atoms with Crippen molar-refractivity contribution in [2.24, 2.45) is 0 Å². The summed E-state index contributed by atoms with van der Waals surface area (Å²) < 4.78 is 31.7. The lowest BCUT2D eigenvalue weighted by molar-refractivity contribution is 0.356. The van der Waals surface area contributed by atoms with Crippen LogP contribution in [0.3, 0.4) is 0 Å². The third-order valence-corrected chi connectivity index (χ3v) is 4.07. The molecule has 4 nitrogen and oxygen atoms in total. The highest BCUT2D eigenvalue weighted by Gasteiger charge is 2.18. The van der Waals surface area contributed by atoms with Gasteiger partial charge in [-0.3, -0.25) is 0 Å². The molecule has 0 unspecified atom stereocenters. The van der Waals surface area contributed by atoms with E-state index in [0.29, 0.717) is 24.5 Å². The summed E-state index contributed by atoms with van der Waals surface area (Å²) in [6.07, 6.45) is 3.07. The van der Waals surface area contributed by atoms with Crippen LogP contribution >= 0.6 is 0 Å². The highest BCUT2D eigenvalue weighted by molar-refractivity contribution is 7.89. The average molecular weight is 253 g/mol. The molecule has 0 saturated carbocycles. The Morgan fingerprint density at radius 1 is 1.47 bits per heavy atom. The monoisotopic (exact) mass is 253 g/mol. The van der Waals surface area contributed by atoms with Gasteiger partial charge in [-0.05, 0) is 30.2 Å². The van der Waals surface area contributed by atoms with Crippen molar-refractivity contribution in [2.75, 3.05) is 13.2 Å². The number of rotatable bonds is 5. The standard InChI is InChI=1S/C12H15NO3S/c1-2-3-7-13-17(14,15)11-4-5-12-10(9-11)6-8-16-12/h2,4-5,9,13H,1,3,6-8H2. The van der Waals surface area contributed by atoms with Gasteiger partial charge in [0.1, 0.15) is 5.75 Å². The molecule has 0 fully saturated rings. The first-order chi connectivity index (χ1) is 8.13. The van der Waals surface area contributed by atoms with Gasteiger partial charge in [-0.1, -0.05) is 6.08 Å². The largest absolute Gasteiger partial charge is 0.493 e. The van der Waals surface area contributed by atoms with E-state index in [1.807, 2.05) is 0 Å². The molecule has 0 spiro atoms. The van der Waals surface area contributed by atoms with Crippen LogP contribution in [0.4, 0.5) is 0 Å². The van der Waals surface area contributed by atoms with E-state index in [2.05, 4.69) is 11.3 Å². The summed E-state index contributed by atoms with van der Waals surface area (Å²) in [6, 6.07) is 4.96. The van der Waals surface area contributed by atoms with Crippen molar-refractivity contribution in [2.45, 2.75) is 17.7 Å². The van der Waals surface area contributed by atoms with Crippen LogP contribution in [0, 0.1) is 0 Å². The van der Waals surface area contributed by atoms with E-state index in [9.17, 15) is 8.42 Å². The molecule has 17 heavy (non-hydrogen) atoms. The first-order valence-corrected chi connectivity index (χ1v) is 6.98. The van der Waals surface area contributed by atoms with Crippen molar-refractivity contribution in [3.63, 3.8) is 0 Å². The van der Waals surface area contributed by atoms with Gasteiger partial charge in [0.15, 0.2) is 0 Å². The summed E-state index contributed by atoms with van der Waals surface area (Å²) >= 11 is 0. The number of hydrogen-bond donors (Lipinski definition) is 1. The molecule has 1 N–H and O–H groups in total. The molecular weight excluding hydrogens is 238 g/mol. The molecule has 1 aromatic rings. The fourth-order valence-electron chi connectivity index (χ4n) is 1.71. The summed E-state index contributed by atoms with van der Waals surface area (Å²) in [5.41, 5.74) is 0.955. The summed E-state index contributed by atoms with van der Waals surface area (Å²) in [5.74, 6) is 0.787. The topological polar surface area (TPSA) is 55.4 Å². The van der Waals surface area contributed by atoms with Crippen LogP contribution in [-0.4, -0.2) is 21.6 Å². The molecule has 0 aliphatic carbocycles. The van der Waals surface area contributed by atoms with Crippen LogP contribution in [0.15, 0.2) is 35.7 Å². The van der Waals surface area contributed by atoms with E-state index in [0.717, 1.165) is 17.7 Å². The molecule has 1 aliphatic heterocycles. The lowest BCUT2D eigenvalue weighted by atomic mass is 10.2. The van der Waals surface area contributed by atoms with Gasteiger partial charge < -0.3 is 4.74 Å². The van der Waals surface area contributed by atoms with E-state index in [-0.39, 0.29) is 0 Å². The van der Waals surface area contributed by atoms with Crippen molar-refractivity contribution in [1.82, 2.24) is 4.72 Å². The fourth-order valence-corrected chi connectivity index (χ4v) is 2.81. The summed E-state index contributed by atoms with van der Waals surface area (Å²) in [4.78, 5) is 0.297. The van der Waals surface area contributed by atoms with E-state index in [4.69, 9.17) is 4.74 Å². The number of benzene rings is 1. The summed E-state index contributed by atoms with van der Waals surface area (Å²) in [6.45, 7) is 4.55. The number of sulfonamides is 1. The van der Waals surface area contributed by atoms with Gasteiger partial charge in [0.05, 0.1) is 11.5 Å². The molecular formula is C12H15NO3S. The summed E-state index contributed by atoms with van der Waals surface area (Å²) in [7, 11) is -3.41. The van der Waals surface area contributed by atoms with Gasteiger partial charge in [-0.15, -0.1) is 6.58 Å². The molecule has 5 heteroatoms. The Kier molecular flexibility index (Phi) is 3.49. The zero-order valence-corrected chi connectivity index (χ0v) is 10.3. The third-order valence-electron chi connectivity index (χ3n) is 2.61. The molecule has 2 rings (SSSR count). The SMILES string of the molecule is C=CCCNS(=O)(=O)c1ccc2c(c1)CCO2. The van der Waals surface area contributed by atoms with E-state index < -0.39 is 10.0 Å². The zero-order valence-electron chi connectivity index (χ0n) is 9.48. The molecule has 0 atom stereocenters. The molecule has 1 heterocycles. The van der Waals surface area contributed by atoms with Crippen LogP contribution in [0.5, 0.6) is 5.75 Å². The van der Waals surface area contributed by atoms with Crippen LogP contribution in [-0.2, 0) is 16.4 Å². The Hall–Kier alpha value is -1.33. The molecule has 0 bridgehead atoms. The maximum Gasteiger partial charge on any atom is 0.240 e. The van der Waals surface area contributed by atoms with Gasteiger partial charge >= 0.3 is 0 Å². The molecule has 1 aliphatic rings. The van der Waals surface area contributed by atoms with Crippen molar-refractivity contribution in [3.05, 3.63) is 36.4 Å². The second-order valence-corrected chi connectivity index (χ2v) is 5.61. The van der Waals surface area contributed by atoms with Crippen molar-refractivity contribution in [1.29, 1.82) is 0 Å². The first kappa shape index (κ1) is 12.1. The minimum Gasteiger partial charge on any atom is -0.493 e. The first-order valence-electron chi connectivity index (χ1n) is 5.50. The van der Waals surface area contributed by atoms with Gasteiger partial charge in [-0.2, -0.15) is 0 Å². The molecule has 0 saturated heterocycles. The van der Waals surface area contributed by atoms with Gasteiger partial charge in [-0.25, -0.2) is 13.1 Å². The molecule has 92 valence electrons. The second kappa shape index (κ2) is 4.89. The minimum atomic E-state index is -3.41. The van der Waals surface area contributed by atoms with E-state index >= 15 is 0 Å². The quantitative estimate of drug-likeness (QED) is 0.638. The smallest absolute Gasteiger partial charge is 0.240 e. The van der Waals surface area contributed by atoms with Crippen LogP contribution in [0.1, 0.15) is 12.0 Å². The number of nitrogens with one attached hydrogen (secondary N) is 1. The normalized spacial score (nSPS) is 14.1. The fraction of sp³-hybridized carbons (Fsp3) is 0.333. The average Bonchev–Trinajstić information content (AvgIpc) is 2.76. The second-order valence-electron chi connectivity index (χ2n) is 3.84. The van der Waals surface area contributed by atoms with Crippen molar-refractivity contribution >= 4 is 10.0 Å². The Morgan fingerprint density at radius 2 is 2.29 bits per heavy atom. The minimum absolute atomic E-state index is 0.297. The Morgan fingerprint density at radius 3 is 3.06 bits per heavy atom. The third kappa shape index (κ3) is 2.68. The van der Waals surface area contributed by atoms with Crippen LogP contribution in [0.25, 0.3) is 0 Å². The lowest BCUT2D eigenvalue weighted by Gasteiger charge is -2.06. The summed E-state index contributed by atoms with van der Waals surface area (Å²) in [5, 5.41) is 0. The van der Waals surface area contributed by atoms with Gasteiger partial charge in [0.25, 0.3) is 0 Å².